The maximum atomic E-state index is 10.7. The van der Waals surface area contributed by atoms with Crippen molar-refractivity contribution in [2.75, 3.05) is 33.0 Å². The minimum atomic E-state index is -1.55. The average molecular weight is 312 g/mol. The number of hydrogen-bond acceptors (Lipinski definition) is 7. The molecule has 4 N–H and O–H groups in total. The molecule has 0 aliphatic heterocycles. The molecular weight excluding hydrogens is 284 g/mol. The molecule has 1 unspecified atom stereocenters. The van der Waals surface area contributed by atoms with Gasteiger partial charge in [-0.3, -0.25) is 4.79 Å². The van der Waals surface area contributed by atoms with Crippen LogP contribution in [0.3, 0.4) is 0 Å². The Bertz CT molecular complexity index is 228. The van der Waals surface area contributed by atoms with Gasteiger partial charge in [0.05, 0.1) is 26.2 Å². The van der Waals surface area contributed by atoms with Crippen molar-refractivity contribution in [1.82, 2.24) is 0 Å². The molecule has 0 aromatic heterocycles. The van der Waals surface area contributed by atoms with Crippen LogP contribution in [0, 0.1) is 0 Å². The molecule has 1 atom stereocenters. The smallest absolute Gasteiger partial charge is 0.335 e. The van der Waals surface area contributed by atoms with Gasteiger partial charge in [0.1, 0.15) is 0 Å². The molecular formula is C13H28O8. The third-order valence-electron chi connectivity index (χ3n) is 1.60. The van der Waals surface area contributed by atoms with Crippen LogP contribution in [0.25, 0.3) is 0 Å². The molecule has 128 valence electrons. The van der Waals surface area contributed by atoms with Gasteiger partial charge in [-0.05, 0) is 20.3 Å². The van der Waals surface area contributed by atoms with Gasteiger partial charge in [0.25, 0.3) is 0 Å². The number of aliphatic carboxylic acids is 1. The van der Waals surface area contributed by atoms with Crippen molar-refractivity contribution >= 4 is 11.9 Å². The zero-order valence-electron chi connectivity index (χ0n) is 12.9. The van der Waals surface area contributed by atoms with E-state index in [1.54, 1.807) is 6.92 Å². The van der Waals surface area contributed by atoms with E-state index in [2.05, 4.69) is 4.74 Å². The summed E-state index contributed by atoms with van der Waals surface area (Å²) in [5.41, 5.74) is 0. The van der Waals surface area contributed by atoms with Crippen molar-refractivity contribution < 1.29 is 39.5 Å². The van der Waals surface area contributed by atoms with Gasteiger partial charge in [-0.2, -0.15) is 0 Å². The molecule has 0 radical (unpaired) electrons. The molecule has 0 saturated carbocycles. The molecule has 8 nitrogen and oxygen atoms in total. The van der Waals surface area contributed by atoms with Crippen molar-refractivity contribution in [3.63, 3.8) is 0 Å². The predicted molar refractivity (Wildman–Crippen MR) is 75.8 cm³/mol. The first-order valence-electron chi connectivity index (χ1n) is 6.76. The van der Waals surface area contributed by atoms with Crippen LogP contribution in [-0.2, 0) is 19.1 Å². The molecule has 0 fully saturated rings. The summed E-state index contributed by atoms with van der Waals surface area (Å²) in [5, 5.41) is 32.3. The molecule has 21 heavy (non-hydrogen) atoms. The van der Waals surface area contributed by atoms with Gasteiger partial charge in [0.2, 0.25) is 0 Å². The van der Waals surface area contributed by atoms with Crippen molar-refractivity contribution in [2.45, 2.75) is 39.7 Å². The zero-order valence-corrected chi connectivity index (χ0v) is 12.9. The van der Waals surface area contributed by atoms with E-state index in [0.717, 1.165) is 13.2 Å². The Morgan fingerprint density at radius 1 is 1.05 bits per heavy atom. The standard InChI is InChI=1S/C7H12O5.C4H10O.C2H6O2/c1-2-3-12-7(11)5(8)4-6(9)10;1-3-5-4-2;3-1-2-4/h5,8H,2-4H2,1H3,(H,9,10);3-4H2,1-2H3;3-4H,1-2H2. The fourth-order valence-electron chi connectivity index (χ4n) is 0.752. The van der Waals surface area contributed by atoms with E-state index in [-0.39, 0.29) is 19.8 Å². The Morgan fingerprint density at radius 3 is 1.76 bits per heavy atom. The highest BCUT2D eigenvalue weighted by molar-refractivity contribution is 5.80. The highest BCUT2D eigenvalue weighted by Gasteiger charge is 2.19. The quantitative estimate of drug-likeness (QED) is 0.452. The zero-order chi connectivity index (χ0) is 17.1. The fourth-order valence-corrected chi connectivity index (χ4v) is 0.752. The number of rotatable bonds is 8. The van der Waals surface area contributed by atoms with Crippen LogP contribution in [0.2, 0.25) is 0 Å². The second kappa shape index (κ2) is 21.1. The van der Waals surface area contributed by atoms with Gasteiger partial charge >= 0.3 is 11.9 Å². The summed E-state index contributed by atoms with van der Waals surface area (Å²) in [6.45, 7) is 7.42. The summed E-state index contributed by atoms with van der Waals surface area (Å²) < 4.78 is 9.33. The predicted octanol–water partition coefficient (Wildman–Crippen LogP) is -0.211. The van der Waals surface area contributed by atoms with Crippen LogP contribution in [0.1, 0.15) is 33.6 Å². The Balaban J connectivity index is -0.000000297. The number of carboxylic acids is 1. The third-order valence-corrected chi connectivity index (χ3v) is 1.60. The van der Waals surface area contributed by atoms with Crippen molar-refractivity contribution in [2.24, 2.45) is 0 Å². The van der Waals surface area contributed by atoms with Gasteiger partial charge in [0.15, 0.2) is 6.10 Å². The Labute approximate surface area is 125 Å². The number of ether oxygens (including phenoxy) is 2. The first-order valence-corrected chi connectivity index (χ1v) is 6.76. The number of carbonyl (C=O) groups is 2. The second-order valence-electron chi connectivity index (χ2n) is 3.51. The molecule has 0 amide bonds. The van der Waals surface area contributed by atoms with Crippen molar-refractivity contribution in [3.8, 4) is 0 Å². The lowest BCUT2D eigenvalue weighted by Gasteiger charge is -2.06. The minimum absolute atomic E-state index is 0.125. The summed E-state index contributed by atoms with van der Waals surface area (Å²) >= 11 is 0. The highest BCUT2D eigenvalue weighted by Crippen LogP contribution is 1.95. The molecule has 8 heteroatoms. The lowest BCUT2D eigenvalue weighted by Crippen LogP contribution is -2.26. The first-order chi connectivity index (χ1) is 9.90. The largest absolute Gasteiger partial charge is 0.481 e. The molecule has 0 spiro atoms. The maximum absolute atomic E-state index is 10.7. The molecule has 0 aromatic rings. The number of hydrogen-bond donors (Lipinski definition) is 4. The van der Waals surface area contributed by atoms with E-state index in [1.165, 1.54) is 0 Å². The molecule has 0 heterocycles. The lowest BCUT2D eigenvalue weighted by molar-refractivity contribution is -0.158. The molecule has 0 aromatic carbocycles. The maximum Gasteiger partial charge on any atom is 0.335 e. The van der Waals surface area contributed by atoms with Crippen molar-refractivity contribution in [3.05, 3.63) is 0 Å². The Hall–Kier alpha value is -1.22. The van der Waals surface area contributed by atoms with E-state index in [0.29, 0.717) is 6.42 Å². The van der Waals surface area contributed by atoms with Crippen LogP contribution in [0.15, 0.2) is 0 Å². The van der Waals surface area contributed by atoms with E-state index in [1.807, 2.05) is 13.8 Å². The monoisotopic (exact) mass is 312 g/mol. The van der Waals surface area contributed by atoms with Crippen LogP contribution in [0.4, 0.5) is 0 Å². The first kappa shape index (κ1) is 24.8. The summed E-state index contributed by atoms with van der Waals surface area (Å²) in [7, 11) is 0. The summed E-state index contributed by atoms with van der Waals surface area (Å²) in [5.74, 6) is -2.10. The van der Waals surface area contributed by atoms with E-state index in [9.17, 15) is 9.59 Å². The highest BCUT2D eigenvalue weighted by atomic mass is 16.5. The average Bonchev–Trinajstić information content (AvgIpc) is 2.45. The van der Waals surface area contributed by atoms with Gasteiger partial charge in [-0.25, -0.2) is 4.79 Å². The number of aliphatic hydroxyl groups excluding tert-OH is 3. The molecule has 0 bridgehead atoms. The SMILES string of the molecule is CCCOC(=O)C(O)CC(=O)O.CCOCC.OCCO. The fraction of sp³-hybridized carbons (Fsp3) is 0.846. The molecule has 0 aliphatic rings. The van der Waals surface area contributed by atoms with Gasteiger partial charge in [0, 0.05) is 13.2 Å². The normalized spacial score (nSPS) is 10.4. The summed E-state index contributed by atoms with van der Waals surface area (Å²) in [4.78, 5) is 20.7. The number of carbonyl (C=O) groups excluding carboxylic acids is 1. The lowest BCUT2D eigenvalue weighted by atomic mass is 10.2. The van der Waals surface area contributed by atoms with Crippen LogP contribution in [-0.4, -0.2) is 71.5 Å². The number of esters is 1. The van der Waals surface area contributed by atoms with Crippen LogP contribution >= 0.6 is 0 Å². The minimum Gasteiger partial charge on any atom is -0.481 e. The molecule has 0 aliphatic carbocycles. The van der Waals surface area contributed by atoms with E-state index >= 15 is 0 Å². The van der Waals surface area contributed by atoms with Gasteiger partial charge in [-0.15, -0.1) is 0 Å². The Kier molecular flexibility index (Phi) is 24.9. The van der Waals surface area contributed by atoms with Gasteiger partial charge in [-0.1, -0.05) is 6.92 Å². The molecule has 0 rings (SSSR count). The van der Waals surface area contributed by atoms with Crippen molar-refractivity contribution in [1.29, 1.82) is 0 Å². The van der Waals surface area contributed by atoms with E-state index < -0.39 is 24.5 Å². The van der Waals surface area contributed by atoms with Crippen LogP contribution < -0.4 is 0 Å². The molecule has 0 saturated heterocycles. The summed E-state index contributed by atoms with van der Waals surface area (Å²) in [6.07, 6.45) is -1.51. The van der Waals surface area contributed by atoms with Gasteiger partial charge < -0.3 is 29.9 Å². The topological polar surface area (TPSA) is 134 Å². The Morgan fingerprint density at radius 2 is 1.52 bits per heavy atom. The number of carboxylic acid groups (broad SMARTS) is 1. The van der Waals surface area contributed by atoms with Crippen LogP contribution in [0.5, 0.6) is 0 Å². The second-order valence-corrected chi connectivity index (χ2v) is 3.51. The summed E-state index contributed by atoms with van der Waals surface area (Å²) in [6, 6.07) is 0. The number of aliphatic hydroxyl groups is 3. The third kappa shape index (κ3) is 27.8. The van der Waals surface area contributed by atoms with E-state index in [4.69, 9.17) is 25.2 Å².